The predicted molar refractivity (Wildman–Crippen MR) is 125 cm³/mol. The summed E-state index contributed by atoms with van der Waals surface area (Å²) in [5.41, 5.74) is 1.14. The molecule has 0 spiro atoms. The van der Waals surface area contributed by atoms with Crippen molar-refractivity contribution >= 4 is 72.6 Å². The van der Waals surface area contributed by atoms with Gasteiger partial charge in [0.25, 0.3) is 15.9 Å². The number of barbiturate groups is 1. The molecule has 37 heavy (non-hydrogen) atoms. The molecule has 5 amide bonds. The first-order chi connectivity index (χ1) is 17.3. The van der Waals surface area contributed by atoms with Crippen molar-refractivity contribution in [3.8, 4) is 0 Å². The summed E-state index contributed by atoms with van der Waals surface area (Å²) < 4.78 is 52.8. The standard InChI is InChI=1S/C18H13ClN8O8S2/c19-8-5-9-11(6-10(8)36(20,32)33)37(34,35)27-14(22-9)13(12-16(29)23-18(31)24-17(12)30)25-26-15(28)7-1-3-21-4-2-7/h1-6,12H,(H,22,27)(H,26,28)(H2,20,32,33)(H2,23,24,29,30,31). The second-order valence-electron chi connectivity index (χ2n) is 7.28. The van der Waals surface area contributed by atoms with E-state index >= 15 is 0 Å². The van der Waals surface area contributed by atoms with E-state index in [1.54, 1.807) is 0 Å². The normalized spacial score (nSPS) is 17.6. The number of carbonyl (C=O) groups is 4. The lowest BCUT2D eigenvalue weighted by Gasteiger charge is -2.25. The lowest BCUT2D eigenvalue weighted by Crippen LogP contribution is -2.59. The van der Waals surface area contributed by atoms with Crippen LogP contribution in [0.15, 0.2) is 55.9 Å². The van der Waals surface area contributed by atoms with E-state index in [0.29, 0.717) is 6.07 Å². The monoisotopic (exact) mass is 568 g/mol. The molecule has 192 valence electrons. The van der Waals surface area contributed by atoms with Crippen LogP contribution >= 0.6 is 11.6 Å². The van der Waals surface area contributed by atoms with Crippen LogP contribution in [0.3, 0.4) is 0 Å². The number of hydrogen-bond donors (Lipinski definition) is 5. The van der Waals surface area contributed by atoms with Crippen LogP contribution in [0.2, 0.25) is 5.02 Å². The SMILES string of the molecule is NS(=O)(=O)c1cc2c(cc1Cl)NC(C(=NNC(=O)c1ccncc1)C1C(=O)NC(=O)NC1=O)=NS2(=O)=O. The van der Waals surface area contributed by atoms with Gasteiger partial charge >= 0.3 is 6.03 Å². The van der Waals surface area contributed by atoms with Crippen molar-refractivity contribution in [3.05, 3.63) is 47.2 Å². The van der Waals surface area contributed by atoms with Gasteiger partial charge in [-0.3, -0.25) is 30.0 Å². The van der Waals surface area contributed by atoms with Crippen molar-refractivity contribution in [2.24, 2.45) is 20.6 Å². The van der Waals surface area contributed by atoms with Crippen LogP contribution in [0.4, 0.5) is 10.5 Å². The molecule has 3 heterocycles. The topological polar surface area (TPSA) is 248 Å². The van der Waals surface area contributed by atoms with E-state index in [0.717, 1.165) is 6.07 Å². The van der Waals surface area contributed by atoms with Gasteiger partial charge in [-0.25, -0.2) is 23.8 Å². The van der Waals surface area contributed by atoms with Crippen molar-refractivity contribution in [3.63, 3.8) is 0 Å². The summed E-state index contributed by atoms with van der Waals surface area (Å²) in [4.78, 5) is 51.4. The minimum absolute atomic E-state index is 0.0737. The molecule has 0 atom stereocenters. The minimum atomic E-state index is -4.70. The molecule has 1 aromatic heterocycles. The smallest absolute Gasteiger partial charge is 0.328 e. The number of fused-ring (bicyclic) bond motifs is 1. The molecule has 6 N–H and O–H groups in total. The number of hydrogen-bond acceptors (Lipinski definition) is 11. The lowest BCUT2D eigenvalue weighted by molar-refractivity contribution is -0.132. The Bertz CT molecular complexity index is 1640. The third kappa shape index (κ3) is 5.16. The fraction of sp³-hybridized carbons (Fsp3) is 0.0556. The number of aromatic nitrogens is 1. The molecule has 2 aromatic rings. The number of rotatable bonds is 5. The highest BCUT2D eigenvalue weighted by Crippen LogP contribution is 2.34. The first-order valence-corrected chi connectivity index (χ1v) is 13.1. The Balaban J connectivity index is 1.82. The molecule has 1 aromatic carbocycles. The van der Waals surface area contributed by atoms with E-state index < -0.39 is 76.1 Å². The molecule has 19 heteroatoms. The number of amidine groups is 1. The Hall–Kier alpha value is -4.26. The van der Waals surface area contributed by atoms with Gasteiger partial charge in [0.1, 0.15) is 15.5 Å². The van der Waals surface area contributed by atoms with E-state index in [4.69, 9.17) is 16.7 Å². The second-order valence-corrected chi connectivity index (χ2v) is 10.8. The third-order valence-corrected chi connectivity index (χ3v) is 7.51. The Morgan fingerprint density at radius 1 is 1.08 bits per heavy atom. The molecule has 0 bridgehead atoms. The molecule has 0 aliphatic carbocycles. The second kappa shape index (κ2) is 9.32. The first kappa shape index (κ1) is 25.8. The number of benzene rings is 1. The fourth-order valence-electron chi connectivity index (χ4n) is 3.19. The van der Waals surface area contributed by atoms with Crippen LogP contribution in [0.1, 0.15) is 10.4 Å². The number of primary sulfonamides is 1. The number of halogens is 1. The fourth-order valence-corrected chi connectivity index (χ4v) is 5.50. The van der Waals surface area contributed by atoms with Gasteiger partial charge in [0.05, 0.1) is 10.7 Å². The highest BCUT2D eigenvalue weighted by atomic mass is 35.5. The van der Waals surface area contributed by atoms with Crippen molar-refractivity contribution in [1.82, 2.24) is 21.0 Å². The maximum absolute atomic E-state index is 12.9. The maximum atomic E-state index is 12.9. The van der Waals surface area contributed by atoms with Crippen molar-refractivity contribution < 1.29 is 36.0 Å². The average Bonchev–Trinajstić information content (AvgIpc) is 2.79. The van der Waals surface area contributed by atoms with Crippen molar-refractivity contribution in [2.75, 3.05) is 5.32 Å². The van der Waals surface area contributed by atoms with E-state index in [1.807, 2.05) is 10.6 Å². The number of imide groups is 2. The summed E-state index contributed by atoms with van der Waals surface area (Å²) in [6.07, 6.45) is 2.62. The average molecular weight is 569 g/mol. The van der Waals surface area contributed by atoms with E-state index in [2.05, 4.69) is 25.2 Å². The van der Waals surface area contributed by atoms with Crippen LogP contribution in [-0.2, 0) is 29.6 Å². The number of amides is 5. The molecule has 4 rings (SSSR count). The number of nitrogens with one attached hydrogen (secondary N) is 4. The third-order valence-electron chi connectivity index (χ3n) is 4.82. The van der Waals surface area contributed by atoms with Gasteiger partial charge in [-0.1, -0.05) is 11.6 Å². The highest BCUT2D eigenvalue weighted by Gasteiger charge is 2.42. The summed E-state index contributed by atoms with van der Waals surface area (Å²) in [6.45, 7) is 0. The van der Waals surface area contributed by atoms with Gasteiger partial charge in [-0.15, -0.1) is 4.40 Å². The largest absolute Gasteiger partial charge is 0.337 e. The number of carbonyl (C=O) groups excluding carboxylic acids is 4. The highest BCUT2D eigenvalue weighted by molar-refractivity contribution is 7.91. The molecular formula is C18H13ClN8O8S2. The predicted octanol–water partition coefficient (Wildman–Crippen LogP) is -1.34. The summed E-state index contributed by atoms with van der Waals surface area (Å²) >= 11 is 5.96. The van der Waals surface area contributed by atoms with Crippen LogP contribution in [0.25, 0.3) is 0 Å². The quantitative estimate of drug-likeness (QED) is 0.161. The van der Waals surface area contributed by atoms with E-state index in [1.165, 1.54) is 24.5 Å². The molecule has 16 nitrogen and oxygen atoms in total. The maximum Gasteiger partial charge on any atom is 0.328 e. The Kier molecular flexibility index (Phi) is 6.50. The molecule has 0 radical (unpaired) electrons. The van der Waals surface area contributed by atoms with Crippen LogP contribution < -0.4 is 26.5 Å². The zero-order valence-electron chi connectivity index (χ0n) is 17.9. The van der Waals surface area contributed by atoms with Gasteiger partial charge in [0.2, 0.25) is 21.8 Å². The Labute approximate surface area is 212 Å². The number of nitrogens with two attached hydrogens (primary N) is 1. The summed E-state index contributed by atoms with van der Waals surface area (Å²) in [7, 11) is -9.11. The lowest BCUT2D eigenvalue weighted by atomic mass is 9.98. The Morgan fingerprint density at radius 2 is 1.70 bits per heavy atom. The number of sulfonamides is 2. The zero-order valence-corrected chi connectivity index (χ0v) is 20.3. The van der Waals surface area contributed by atoms with Gasteiger partial charge in [-0.2, -0.15) is 13.5 Å². The van der Waals surface area contributed by atoms with Gasteiger partial charge in [0, 0.05) is 18.0 Å². The molecule has 0 saturated carbocycles. The molecule has 1 saturated heterocycles. The number of nitrogens with zero attached hydrogens (tertiary/aromatic N) is 3. The minimum Gasteiger partial charge on any atom is -0.337 e. The number of pyridine rings is 1. The molecule has 1 fully saturated rings. The van der Waals surface area contributed by atoms with Crippen LogP contribution in [0, 0.1) is 5.92 Å². The first-order valence-electron chi connectivity index (χ1n) is 9.70. The van der Waals surface area contributed by atoms with E-state index in [-0.39, 0.29) is 11.3 Å². The number of anilines is 1. The van der Waals surface area contributed by atoms with E-state index in [9.17, 15) is 36.0 Å². The summed E-state index contributed by atoms with van der Waals surface area (Å²) in [5.74, 6) is -5.86. The van der Waals surface area contributed by atoms with Crippen molar-refractivity contribution in [2.45, 2.75) is 9.79 Å². The summed E-state index contributed by atoms with van der Waals surface area (Å²) in [5, 5.41) is 14.5. The van der Waals surface area contributed by atoms with Crippen LogP contribution in [0.5, 0.6) is 0 Å². The molecule has 2 aliphatic rings. The molecule has 2 aliphatic heterocycles. The van der Waals surface area contributed by atoms with Crippen LogP contribution in [-0.4, -0.2) is 57.1 Å². The van der Waals surface area contributed by atoms with Gasteiger partial charge in [-0.05, 0) is 24.3 Å². The van der Waals surface area contributed by atoms with Crippen molar-refractivity contribution in [1.29, 1.82) is 0 Å². The summed E-state index contributed by atoms with van der Waals surface area (Å²) in [6, 6.07) is 3.11. The number of urea groups is 1. The van der Waals surface area contributed by atoms with Gasteiger partial charge < -0.3 is 5.32 Å². The molecule has 0 unspecified atom stereocenters. The zero-order chi connectivity index (χ0) is 27.1. The Morgan fingerprint density at radius 3 is 2.30 bits per heavy atom. The molecular weight excluding hydrogens is 556 g/mol. The number of hydrazone groups is 1. The van der Waals surface area contributed by atoms with Gasteiger partial charge in [0.15, 0.2) is 11.8 Å².